The number of hydrogen-bond acceptors (Lipinski definition) is 3. The summed E-state index contributed by atoms with van der Waals surface area (Å²) < 4.78 is -0.953. The van der Waals surface area contributed by atoms with E-state index < -0.39 is 9.26 Å². The molecule has 16 heavy (non-hydrogen) atoms. The predicted octanol–water partition coefficient (Wildman–Crippen LogP) is 2.47. The number of rotatable bonds is 3. The third kappa shape index (κ3) is 1.77. The minimum Gasteiger partial charge on any atom is -0.396 e. The lowest BCUT2D eigenvalue weighted by molar-refractivity contribution is -0.384. The fraction of sp³-hybridized carbons (Fsp3) is 0.400. The van der Waals surface area contributed by atoms with E-state index in [9.17, 15) is 10.1 Å². The summed E-state index contributed by atoms with van der Waals surface area (Å²) in [5.41, 5.74) is 0.842. The Hall–Kier alpha value is -0.840. The second kappa shape index (κ2) is 3.87. The molecular formula is C10H9Cl2NO3. The van der Waals surface area contributed by atoms with Crippen LogP contribution in [0.3, 0.4) is 0 Å². The molecule has 1 aromatic carbocycles. The first-order chi connectivity index (χ1) is 7.48. The minimum absolute atomic E-state index is 0.0275. The fourth-order valence-electron chi connectivity index (χ4n) is 1.88. The molecular weight excluding hydrogens is 253 g/mol. The molecule has 0 aliphatic heterocycles. The first-order valence-corrected chi connectivity index (χ1v) is 5.47. The number of alkyl halides is 2. The van der Waals surface area contributed by atoms with Gasteiger partial charge >= 0.3 is 0 Å². The highest BCUT2D eigenvalue weighted by Crippen LogP contribution is 2.64. The summed E-state index contributed by atoms with van der Waals surface area (Å²) >= 11 is 12.0. The number of nitro benzene ring substituents is 1. The highest BCUT2D eigenvalue weighted by atomic mass is 35.5. The van der Waals surface area contributed by atoms with E-state index in [2.05, 4.69) is 0 Å². The van der Waals surface area contributed by atoms with Crippen LogP contribution in [-0.4, -0.2) is 21.0 Å². The Labute approximate surface area is 102 Å². The van der Waals surface area contributed by atoms with Gasteiger partial charge in [-0.3, -0.25) is 10.1 Å². The van der Waals surface area contributed by atoms with Crippen LogP contribution < -0.4 is 0 Å². The normalized spacial score (nSPS) is 26.4. The lowest BCUT2D eigenvalue weighted by atomic mass is 10.1. The van der Waals surface area contributed by atoms with Gasteiger partial charge in [-0.1, -0.05) is 12.1 Å². The predicted molar refractivity (Wildman–Crippen MR) is 60.9 cm³/mol. The van der Waals surface area contributed by atoms with Crippen LogP contribution in [0.5, 0.6) is 0 Å². The van der Waals surface area contributed by atoms with E-state index in [1.54, 1.807) is 12.1 Å². The van der Waals surface area contributed by atoms with Crippen molar-refractivity contribution < 1.29 is 10.0 Å². The van der Waals surface area contributed by atoms with Crippen LogP contribution >= 0.6 is 23.2 Å². The maximum absolute atomic E-state index is 10.5. The number of benzene rings is 1. The Bertz CT molecular complexity index is 419. The van der Waals surface area contributed by atoms with Gasteiger partial charge in [0.25, 0.3) is 5.69 Å². The van der Waals surface area contributed by atoms with Crippen molar-refractivity contribution in [2.45, 2.75) is 10.3 Å². The summed E-state index contributed by atoms with van der Waals surface area (Å²) in [6.45, 7) is -0.0886. The Morgan fingerprint density at radius 2 is 1.94 bits per heavy atom. The molecule has 1 aliphatic rings. The molecule has 2 rings (SSSR count). The third-order valence-corrected chi connectivity index (χ3v) is 3.89. The Morgan fingerprint density at radius 3 is 2.31 bits per heavy atom. The SMILES string of the molecule is O=[N+]([O-])c1ccc(C2C(CO)C2(Cl)Cl)cc1. The summed E-state index contributed by atoms with van der Waals surface area (Å²) in [6, 6.07) is 6.06. The van der Waals surface area contributed by atoms with E-state index >= 15 is 0 Å². The molecule has 1 N–H and O–H groups in total. The molecule has 1 aliphatic carbocycles. The molecule has 1 saturated carbocycles. The second-order valence-corrected chi connectivity index (χ2v) is 5.23. The van der Waals surface area contributed by atoms with Gasteiger partial charge in [0.05, 0.1) is 4.92 Å². The summed E-state index contributed by atoms with van der Waals surface area (Å²) in [6.07, 6.45) is 0. The van der Waals surface area contributed by atoms with Crippen LogP contribution in [0.4, 0.5) is 5.69 Å². The second-order valence-electron chi connectivity index (χ2n) is 3.79. The van der Waals surface area contributed by atoms with Crippen LogP contribution in [0.25, 0.3) is 0 Å². The van der Waals surface area contributed by atoms with Crippen LogP contribution in [0.1, 0.15) is 11.5 Å². The van der Waals surface area contributed by atoms with Crippen LogP contribution in [0.2, 0.25) is 0 Å². The summed E-state index contributed by atoms with van der Waals surface area (Å²) in [5.74, 6) is -0.348. The topological polar surface area (TPSA) is 63.4 Å². The van der Waals surface area contributed by atoms with Gasteiger partial charge in [0.1, 0.15) is 4.33 Å². The lowest BCUT2D eigenvalue weighted by Crippen LogP contribution is -1.93. The summed E-state index contributed by atoms with van der Waals surface area (Å²) in [4.78, 5) is 10.00. The van der Waals surface area contributed by atoms with Gasteiger partial charge in [-0.05, 0) is 5.56 Å². The van der Waals surface area contributed by atoms with E-state index in [1.807, 2.05) is 0 Å². The van der Waals surface area contributed by atoms with Gasteiger partial charge in [-0.15, -0.1) is 23.2 Å². The Kier molecular flexibility index (Phi) is 2.82. The maximum atomic E-state index is 10.5. The molecule has 0 spiro atoms. The molecule has 2 unspecified atom stereocenters. The standard InChI is InChI=1S/C10H9Cl2NO3/c11-10(12)8(5-14)9(10)6-1-3-7(4-2-6)13(15)16/h1-4,8-9,14H,5H2. The molecule has 2 atom stereocenters. The quantitative estimate of drug-likeness (QED) is 0.517. The lowest BCUT2D eigenvalue weighted by Gasteiger charge is -1.99. The number of hydrogen-bond donors (Lipinski definition) is 1. The summed E-state index contributed by atoms with van der Waals surface area (Å²) in [5, 5.41) is 19.5. The Balaban J connectivity index is 2.21. The number of non-ortho nitro benzene ring substituents is 1. The van der Waals surface area contributed by atoms with Gasteiger partial charge in [0.15, 0.2) is 0 Å². The maximum Gasteiger partial charge on any atom is 0.269 e. The molecule has 86 valence electrons. The molecule has 1 fully saturated rings. The zero-order chi connectivity index (χ0) is 11.9. The molecule has 0 saturated heterocycles. The smallest absolute Gasteiger partial charge is 0.269 e. The molecule has 4 nitrogen and oxygen atoms in total. The number of aliphatic hydroxyl groups is 1. The molecule has 0 amide bonds. The zero-order valence-corrected chi connectivity index (χ0v) is 9.65. The number of halogens is 2. The van der Waals surface area contributed by atoms with Crippen molar-refractivity contribution in [1.82, 2.24) is 0 Å². The van der Waals surface area contributed by atoms with E-state index in [1.165, 1.54) is 12.1 Å². The molecule has 0 heterocycles. The van der Waals surface area contributed by atoms with E-state index in [4.69, 9.17) is 28.3 Å². The van der Waals surface area contributed by atoms with Crippen molar-refractivity contribution in [3.63, 3.8) is 0 Å². The van der Waals surface area contributed by atoms with Crippen molar-refractivity contribution in [3.05, 3.63) is 39.9 Å². The first kappa shape index (κ1) is 11.6. The third-order valence-electron chi connectivity index (χ3n) is 2.86. The molecule has 0 radical (unpaired) electrons. The van der Waals surface area contributed by atoms with Gasteiger partial charge in [0.2, 0.25) is 0 Å². The van der Waals surface area contributed by atoms with Gasteiger partial charge in [0, 0.05) is 30.6 Å². The average molecular weight is 262 g/mol. The van der Waals surface area contributed by atoms with Crippen molar-refractivity contribution >= 4 is 28.9 Å². The zero-order valence-electron chi connectivity index (χ0n) is 8.14. The van der Waals surface area contributed by atoms with Gasteiger partial charge in [-0.25, -0.2) is 0 Å². The van der Waals surface area contributed by atoms with E-state index in [0.29, 0.717) is 0 Å². The van der Waals surface area contributed by atoms with Crippen molar-refractivity contribution in [3.8, 4) is 0 Å². The highest BCUT2D eigenvalue weighted by Gasteiger charge is 2.63. The van der Waals surface area contributed by atoms with Crippen LogP contribution in [0.15, 0.2) is 24.3 Å². The number of nitrogens with zero attached hydrogens (tertiary/aromatic N) is 1. The monoisotopic (exact) mass is 261 g/mol. The fourth-order valence-corrected chi connectivity index (χ4v) is 2.70. The Morgan fingerprint density at radius 1 is 1.38 bits per heavy atom. The largest absolute Gasteiger partial charge is 0.396 e. The highest BCUT2D eigenvalue weighted by molar-refractivity contribution is 6.51. The molecule has 0 bridgehead atoms. The van der Waals surface area contributed by atoms with Gasteiger partial charge < -0.3 is 5.11 Å². The average Bonchev–Trinajstić information content (AvgIpc) is 2.80. The van der Waals surface area contributed by atoms with E-state index in [0.717, 1.165) is 5.56 Å². The van der Waals surface area contributed by atoms with Crippen molar-refractivity contribution in [2.24, 2.45) is 5.92 Å². The number of aliphatic hydroxyl groups excluding tert-OH is 1. The summed E-state index contributed by atoms with van der Waals surface area (Å²) in [7, 11) is 0. The molecule has 1 aromatic rings. The molecule has 6 heteroatoms. The van der Waals surface area contributed by atoms with Crippen LogP contribution in [0, 0.1) is 16.0 Å². The van der Waals surface area contributed by atoms with E-state index in [-0.39, 0.29) is 24.1 Å². The first-order valence-electron chi connectivity index (χ1n) is 4.71. The number of nitro groups is 1. The van der Waals surface area contributed by atoms with Crippen molar-refractivity contribution in [2.75, 3.05) is 6.61 Å². The minimum atomic E-state index is -0.953. The van der Waals surface area contributed by atoms with Crippen molar-refractivity contribution in [1.29, 1.82) is 0 Å². The van der Waals surface area contributed by atoms with Crippen LogP contribution in [-0.2, 0) is 0 Å². The molecule has 0 aromatic heterocycles. The van der Waals surface area contributed by atoms with Gasteiger partial charge in [-0.2, -0.15) is 0 Å².